The number of hydrogen-bond donors (Lipinski definition) is 1. The van der Waals surface area contributed by atoms with Crippen molar-refractivity contribution in [3.63, 3.8) is 0 Å². The first kappa shape index (κ1) is 34.4. The van der Waals surface area contributed by atoms with Crippen LogP contribution in [0.2, 0.25) is 0 Å². The summed E-state index contributed by atoms with van der Waals surface area (Å²) in [4.78, 5) is 69.6. The van der Waals surface area contributed by atoms with Gasteiger partial charge >= 0.3 is 23.9 Å². The molecule has 4 atom stereocenters. The topological polar surface area (TPSA) is 166 Å². The molecule has 1 aliphatic rings. The van der Waals surface area contributed by atoms with Gasteiger partial charge in [-0.25, -0.2) is 14.6 Å². The average Bonchev–Trinajstić information content (AvgIpc) is 3.10. The quantitative estimate of drug-likeness (QED) is 0.239. The lowest BCUT2D eigenvalue weighted by Gasteiger charge is -2.29. The van der Waals surface area contributed by atoms with Crippen molar-refractivity contribution in [3.05, 3.63) is 84.2 Å². The van der Waals surface area contributed by atoms with E-state index in [2.05, 4.69) is 10.3 Å². The third-order valence-corrected chi connectivity index (χ3v) is 7.09. The van der Waals surface area contributed by atoms with Crippen LogP contribution in [-0.4, -0.2) is 73.3 Å². The van der Waals surface area contributed by atoms with Crippen molar-refractivity contribution in [1.82, 2.24) is 10.3 Å². The van der Waals surface area contributed by atoms with Crippen LogP contribution in [0, 0.1) is 11.8 Å². The molecule has 1 aromatic heterocycles. The van der Waals surface area contributed by atoms with Gasteiger partial charge in [0.25, 0.3) is 5.91 Å². The van der Waals surface area contributed by atoms with Gasteiger partial charge in [0.1, 0.15) is 24.4 Å². The first-order chi connectivity index (χ1) is 22.6. The van der Waals surface area contributed by atoms with Crippen molar-refractivity contribution in [3.8, 4) is 17.2 Å². The van der Waals surface area contributed by atoms with E-state index in [0.717, 1.165) is 5.56 Å². The summed E-state index contributed by atoms with van der Waals surface area (Å²) in [5.74, 6) is -5.54. The third-order valence-electron chi connectivity index (χ3n) is 7.09. The minimum absolute atomic E-state index is 0.00821. The summed E-state index contributed by atoms with van der Waals surface area (Å²) in [5, 5.41) is 2.44. The Bertz CT molecular complexity index is 1560. The van der Waals surface area contributed by atoms with Crippen molar-refractivity contribution in [2.24, 2.45) is 11.8 Å². The number of rotatable bonds is 11. The Morgan fingerprint density at radius 3 is 2.32 bits per heavy atom. The first-order valence-corrected chi connectivity index (χ1v) is 14.9. The summed E-state index contributed by atoms with van der Waals surface area (Å²) >= 11 is 0. The SMILES string of the molecule is COc1ccnc(C(=O)NC2COC(=O)C(Cc3ccccc3)C(OC(=O)C(C)C)C(C)OC2=O)c1OC(=O)COc1ccccc1. The number of amides is 1. The van der Waals surface area contributed by atoms with Crippen LogP contribution in [0.4, 0.5) is 0 Å². The van der Waals surface area contributed by atoms with Gasteiger partial charge in [-0.2, -0.15) is 0 Å². The van der Waals surface area contributed by atoms with Gasteiger partial charge in [0.15, 0.2) is 30.2 Å². The van der Waals surface area contributed by atoms with Gasteiger partial charge in [-0.15, -0.1) is 0 Å². The van der Waals surface area contributed by atoms with E-state index in [4.69, 9.17) is 28.4 Å². The number of esters is 4. The number of carbonyl (C=O) groups excluding carboxylic acids is 5. The highest BCUT2D eigenvalue weighted by Crippen LogP contribution is 2.30. The van der Waals surface area contributed by atoms with Crippen LogP contribution in [0.5, 0.6) is 17.2 Å². The number of hydrogen-bond acceptors (Lipinski definition) is 12. The molecule has 0 aliphatic carbocycles. The van der Waals surface area contributed by atoms with E-state index in [-0.39, 0.29) is 17.9 Å². The monoisotopic (exact) mass is 648 g/mol. The number of para-hydroxylation sites is 1. The van der Waals surface area contributed by atoms with Gasteiger partial charge in [-0.3, -0.25) is 14.4 Å². The summed E-state index contributed by atoms with van der Waals surface area (Å²) in [6.45, 7) is 3.68. The van der Waals surface area contributed by atoms with Crippen LogP contribution >= 0.6 is 0 Å². The van der Waals surface area contributed by atoms with Gasteiger partial charge in [0, 0.05) is 12.3 Å². The number of nitrogens with zero attached hydrogens (tertiary/aromatic N) is 1. The lowest BCUT2D eigenvalue weighted by atomic mass is 9.91. The number of methoxy groups -OCH3 is 1. The number of benzene rings is 2. The van der Waals surface area contributed by atoms with E-state index >= 15 is 0 Å². The lowest BCUT2D eigenvalue weighted by molar-refractivity contribution is -0.176. The summed E-state index contributed by atoms with van der Waals surface area (Å²) < 4.78 is 32.9. The molecule has 1 amide bonds. The first-order valence-electron chi connectivity index (χ1n) is 14.9. The van der Waals surface area contributed by atoms with Crippen molar-refractivity contribution < 1.29 is 52.4 Å². The van der Waals surface area contributed by atoms with Crippen molar-refractivity contribution >= 4 is 29.8 Å². The highest BCUT2D eigenvalue weighted by atomic mass is 16.6. The summed E-state index contributed by atoms with van der Waals surface area (Å²) in [5.41, 5.74) is 0.373. The number of cyclic esters (lactones) is 2. The average molecular weight is 649 g/mol. The smallest absolute Gasteiger partial charge is 0.349 e. The normalized spacial score (nSPS) is 19.6. The Labute approximate surface area is 271 Å². The molecule has 13 heteroatoms. The molecule has 3 aromatic rings. The Morgan fingerprint density at radius 2 is 1.66 bits per heavy atom. The number of ether oxygens (including phenoxy) is 6. The summed E-state index contributed by atoms with van der Waals surface area (Å²) in [6.07, 6.45) is -0.901. The van der Waals surface area contributed by atoms with Gasteiger partial charge < -0.3 is 33.7 Å². The molecule has 248 valence electrons. The zero-order valence-electron chi connectivity index (χ0n) is 26.4. The van der Waals surface area contributed by atoms with Gasteiger partial charge in [-0.1, -0.05) is 62.4 Å². The second kappa shape index (κ2) is 16.2. The molecule has 1 aliphatic heterocycles. The van der Waals surface area contributed by atoms with E-state index in [1.54, 1.807) is 68.4 Å². The maximum Gasteiger partial charge on any atom is 0.349 e. The van der Waals surface area contributed by atoms with Crippen LogP contribution < -0.4 is 19.5 Å². The molecule has 1 fully saturated rings. The largest absolute Gasteiger partial charge is 0.493 e. The van der Waals surface area contributed by atoms with E-state index in [0.29, 0.717) is 5.75 Å². The Hall–Kier alpha value is -5.46. The van der Waals surface area contributed by atoms with Gasteiger partial charge in [0.2, 0.25) is 5.75 Å². The van der Waals surface area contributed by atoms with Gasteiger partial charge in [0.05, 0.1) is 13.0 Å². The minimum atomic E-state index is -1.50. The molecule has 0 bridgehead atoms. The fourth-order valence-corrected chi connectivity index (χ4v) is 4.63. The number of carbonyl (C=O) groups is 5. The fraction of sp³-hybridized carbons (Fsp3) is 0.353. The third kappa shape index (κ3) is 9.28. The standard InChI is InChI=1S/C34H36N2O11/c1-20(2)32(39)47-29-21(3)45-34(41)25(18-44-33(40)24(29)17-22-11-7-5-8-12-22)36-31(38)28-30(26(42-4)15-16-35-28)46-27(37)19-43-23-13-9-6-10-14-23/h5-16,20-21,24-25,29H,17-19H2,1-4H3,(H,36,38). The van der Waals surface area contributed by atoms with Crippen LogP contribution in [0.3, 0.4) is 0 Å². The molecular formula is C34H36N2O11. The number of aromatic nitrogens is 1. The maximum atomic E-state index is 13.5. The summed E-state index contributed by atoms with van der Waals surface area (Å²) in [6, 6.07) is 17.5. The minimum Gasteiger partial charge on any atom is -0.493 e. The molecule has 1 saturated heterocycles. The predicted octanol–water partition coefficient (Wildman–Crippen LogP) is 3.09. The Kier molecular flexibility index (Phi) is 11.9. The van der Waals surface area contributed by atoms with Crippen LogP contribution in [-0.2, 0) is 39.8 Å². The summed E-state index contributed by atoms with van der Waals surface area (Å²) in [7, 11) is 1.31. The van der Waals surface area contributed by atoms with Crippen molar-refractivity contribution in [2.75, 3.05) is 20.3 Å². The van der Waals surface area contributed by atoms with E-state index < -0.39 is 78.8 Å². The number of pyridine rings is 1. The highest BCUT2D eigenvalue weighted by Gasteiger charge is 2.42. The molecule has 47 heavy (non-hydrogen) atoms. The highest BCUT2D eigenvalue weighted by molar-refractivity contribution is 5.99. The second-order valence-corrected chi connectivity index (χ2v) is 10.9. The molecule has 1 N–H and O–H groups in total. The van der Waals surface area contributed by atoms with Crippen LogP contribution in [0.25, 0.3) is 0 Å². The van der Waals surface area contributed by atoms with E-state index in [1.807, 2.05) is 6.07 Å². The Morgan fingerprint density at radius 1 is 0.979 bits per heavy atom. The molecule has 0 radical (unpaired) electrons. The second-order valence-electron chi connectivity index (χ2n) is 10.9. The molecule has 0 spiro atoms. The predicted molar refractivity (Wildman–Crippen MR) is 164 cm³/mol. The lowest BCUT2D eigenvalue weighted by Crippen LogP contribution is -2.47. The zero-order valence-corrected chi connectivity index (χ0v) is 26.4. The van der Waals surface area contributed by atoms with Gasteiger partial charge in [-0.05, 0) is 31.0 Å². The molecule has 0 saturated carbocycles. The maximum absolute atomic E-state index is 13.5. The van der Waals surface area contributed by atoms with Crippen molar-refractivity contribution in [2.45, 2.75) is 45.4 Å². The zero-order chi connectivity index (χ0) is 33.9. The molecule has 2 aromatic carbocycles. The molecule has 4 unspecified atom stereocenters. The van der Waals surface area contributed by atoms with Crippen LogP contribution in [0.1, 0.15) is 36.8 Å². The molecular weight excluding hydrogens is 612 g/mol. The molecule has 4 rings (SSSR count). The van der Waals surface area contributed by atoms with Crippen LogP contribution in [0.15, 0.2) is 72.9 Å². The van der Waals surface area contributed by atoms with E-state index in [9.17, 15) is 24.0 Å². The fourth-order valence-electron chi connectivity index (χ4n) is 4.63. The number of nitrogens with one attached hydrogen (secondary N) is 1. The Balaban J connectivity index is 1.54. The molecule has 2 heterocycles. The molecule has 13 nitrogen and oxygen atoms in total. The van der Waals surface area contributed by atoms with E-state index in [1.165, 1.54) is 26.3 Å². The van der Waals surface area contributed by atoms with Crippen molar-refractivity contribution in [1.29, 1.82) is 0 Å².